The lowest BCUT2D eigenvalue weighted by Crippen LogP contribution is -2.40. The molecular weight excluding hydrogens is 601 g/mol. The summed E-state index contributed by atoms with van der Waals surface area (Å²) in [5.41, 5.74) is 8.93. The number of hydrogen-bond donors (Lipinski definition) is 2. The number of carbonyl (C=O) groups excluding carboxylic acids is 2. The number of benzene rings is 1. The Labute approximate surface area is 270 Å². The Morgan fingerprint density at radius 2 is 1.83 bits per heavy atom. The van der Waals surface area contributed by atoms with E-state index in [1.165, 1.54) is 17.1 Å². The maximum atomic E-state index is 15.9. The third-order valence-corrected chi connectivity index (χ3v) is 9.22. The van der Waals surface area contributed by atoms with E-state index in [1.807, 2.05) is 29.5 Å². The van der Waals surface area contributed by atoms with Gasteiger partial charge >= 0.3 is 0 Å². The molecular formula is C34H36FN9O3. The van der Waals surface area contributed by atoms with E-state index >= 15 is 4.39 Å². The first-order chi connectivity index (χ1) is 22.7. The number of piperidine rings is 1. The molecule has 3 N–H and O–H groups in total. The van der Waals surface area contributed by atoms with Gasteiger partial charge < -0.3 is 16.0 Å². The number of carbonyl (C=O) groups is 2. The highest BCUT2D eigenvalue weighted by molar-refractivity contribution is 6.05. The number of hydrogen-bond acceptors (Lipinski definition) is 7. The standard InChI is InChI=1S/C34H36FN9O3/c1-20(2)33(46)41-15-11-21(12-16-41)27-18-24(30-31(36)38-19-39-43(27)30)23-10-9-22(17-25(23)35)40-32(45)29-26-7-4-6-14-42(26)44(34(29)47)28-8-3-5-13-37-28/h3,5,8-10,13,17-21H,4,6-7,11-12,14-16H2,1-2H3,(H,40,45)(H2,36,38,39). The van der Waals surface area contributed by atoms with Crippen molar-refractivity contribution < 1.29 is 14.0 Å². The van der Waals surface area contributed by atoms with Gasteiger partial charge in [-0.15, -0.1) is 0 Å². The fraction of sp³-hybridized carbons (Fsp3) is 0.353. The second-order valence-corrected chi connectivity index (χ2v) is 12.5. The van der Waals surface area contributed by atoms with Crippen molar-refractivity contribution in [1.82, 2.24) is 33.8 Å². The molecule has 0 unspecified atom stereocenters. The largest absolute Gasteiger partial charge is 0.382 e. The Hall–Kier alpha value is -5.33. The van der Waals surface area contributed by atoms with E-state index in [9.17, 15) is 14.4 Å². The first kappa shape index (κ1) is 30.3. The van der Waals surface area contributed by atoms with E-state index in [2.05, 4.69) is 20.4 Å². The fourth-order valence-electron chi connectivity index (χ4n) is 6.92. The van der Waals surface area contributed by atoms with Crippen LogP contribution in [0.15, 0.2) is 59.8 Å². The predicted molar refractivity (Wildman–Crippen MR) is 175 cm³/mol. The summed E-state index contributed by atoms with van der Waals surface area (Å²) in [5.74, 6) is -0.353. The molecule has 1 aromatic carbocycles. The minimum absolute atomic E-state index is 0.0361. The number of aromatic nitrogens is 6. The fourth-order valence-corrected chi connectivity index (χ4v) is 6.92. The summed E-state index contributed by atoms with van der Waals surface area (Å²) >= 11 is 0. The Balaban J connectivity index is 1.18. The van der Waals surface area contributed by atoms with Gasteiger partial charge in [0.1, 0.15) is 23.2 Å². The summed E-state index contributed by atoms with van der Waals surface area (Å²) in [6.45, 7) is 5.66. The molecule has 5 aromatic rings. The summed E-state index contributed by atoms with van der Waals surface area (Å²) in [7, 11) is 0. The SMILES string of the molecule is CC(C)C(=O)N1CCC(c2cc(-c3ccc(NC(=O)c4c5n(n(-c6ccccn6)c4=O)CCCC5)cc3F)c3c(N)ncnn23)CC1. The van der Waals surface area contributed by atoms with Crippen molar-refractivity contribution in [3.63, 3.8) is 0 Å². The molecule has 47 heavy (non-hydrogen) atoms. The number of nitrogens with zero attached hydrogens (tertiary/aromatic N) is 7. The van der Waals surface area contributed by atoms with Crippen LogP contribution in [0.2, 0.25) is 0 Å². The van der Waals surface area contributed by atoms with Crippen LogP contribution in [0.3, 0.4) is 0 Å². The van der Waals surface area contributed by atoms with Gasteiger partial charge in [-0.25, -0.2) is 18.9 Å². The second kappa shape index (κ2) is 12.1. The van der Waals surface area contributed by atoms with Crippen LogP contribution in [-0.2, 0) is 17.8 Å². The predicted octanol–water partition coefficient (Wildman–Crippen LogP) is 4.42. The van der Waals surface area contributed by atoms with E-state index in [0.717, 1.165) is 31.4 Å². The summed E-state index contributed by atoms with van der Waals surface area (Å²) in [6.07, 6.45) is 6.77. The van der Waals surface area contributed by atoms with Crippen LogP contribution in [0.4, 0.5) is 15.9 Å². The molecule has 2 amide bonds. The van der Waals surface area contributed by atoms with Gasteiger partial charge in [-0.05, 0) is 68.5 Å². The van der Waals surface area contributed by atoms with Crippen LogP contribution in [0, 0.1) is 11.7 Å². The number of nitrogens with two attached hydrogens (primary N) is 1. The Morgan fingerprint density at radius 1 is 1.02 bits per heavy atom. The molecule has 4 aromatic heterocycles. The molecule has 1 saturated heterocycles. The zero-order valence-electron chi connectivity index (χ0n) is 26.3. The number of halogens is 1. The molecule has 2 aliphatic heterocycles. The van der Waals surface area contributed by atoms with Gasteiger partial charge in [0, 0.05) is 60.2 Å². The Bertz CT molecular complexity index is 2060. The second-order valence-electron chi connectivity index (χ2n) is 12.5. The highest BCUT2D eigenvalue weighted by atomic mass is 19.1. The Kier molecular flexibility index (Phi) is 7.82. The molecule has 1 fully saturated rings. The zero-order valence-corrected chi connectivity index (χ0v) is 26.3. The van der Waals surface area contributed by atoms with Crippen molar-refractivity contribution in [3.05, 3.63) is 88.1 Å². The summed E-state index contributed by atoms with van der Waals surface area (Å²) in [4.78, 5) is 50.1. The lowest BCUT2D eigenvalue weighted by Gasteiger charge is -2.33. The van der Waals surface area contributed by atoms with Crippen LogP contribution in [-0.4, -0.2) is 58.7 Å². The van der Waals surface area contributed by atoms with Crippen LogP contribution in [0.1, 0.15) is 67.2 Å². The van der Waals surface area contributed by atoms with Gasteiger partial charge in [0.05, 0.1) is 5.69 Å². The number of amides is 2. The van der Waals surface area contributed by atoms with Gasteiger partial charge in [0.15, 0.2) is 11.6 Å². The van der Waals surface area contributed by atoms with Gasteiger partial charge in [0.2, 0.25) is 5.91 Å². The maximum absolute atomic E-state index is 15.9. The molecule has 2 aliphatic rings. The number of likely N-dealkylation sites (tertiary alicyclic amines) is 1. The summed E-state index contributed by atoms with van der Waals surface area (Å²) in [5, 5.41) is 7.21. The molecule has 12 nitrogen and oxygen atoms in total. The van der Waals surface area contributed by atoms with E-state index in [4.69, 9.17) is 5.73 Å². The lowest BCUT2D eigenvalue weighted by atomic mass is 9.92. The molecule has 242 valence electrons. The van der Waals surface area contributed by atoms with Gasteiger partial charge in [-0.2, -0.15) is 9.78 Å². The highest BCUT2D eigenvalue weighted by Gasteiger charge is 2.30. The Morgan fingerprint density at radius 3 is 2.55 bits per heavy atom. The highest BCUT2D eigenvalue weighted by Crippen LogP contribution is 2.38. The molecule has 0 bridgehead atoms. The van der Waals surface area contributed by atoms with Crippen LogP contribution >= 0.6 is 0 Å². The van der Waals surface area contributed by atoms with Crippen molar-refractivity contribution in [3.8, 4) is 16.9 Å². The first-order valence-corrected chi connectivity index (χ1v) is 16.0. The third-order valence-electron chi connectivity index (χ3n) is 9.22. The number of pyridine rings is 1. The molecule has 0 aliphatic carbocycles. The minimum Gasteiger partial charge on any atom is -0.382 e. The van der Waals surface area contributed by atoms with Crippen LogP contribution in [0.25, 0.3) is 22.5 Å². The summed E-state index contributed by atoms with van der Waals surface area (Å²) < 4.78 is 20.9. The average molecular weight is 638 g/mol. The number of nitrogen functional groups attached to an aromatic ring is 1. The van der Waals surface area contributed by atoms with Crippen molar-refractivity contribution in [2.75, 3.05) is 24.1 Å². The molecule has 0 atom stereocenters. The first-order valence-electron chi connectivity index (χ1n) is 16.0. The van der Waals surface area contributed by atoms with E-state index in [1.54, 1.807) is 41.0 Å². The van der Waals surface area contributed by atoms with Crippen molar-refractivity contribution >= 4 is 28.8 Å². The van der Waals surface area contributed by atoms with Crippen molar-refractivity contribution in [2.45, 2.75) is 58.4 Å². The number of nitrogens with one attached hydrogen (secondary N) is 1. The van der Waals surface area contributed by atoms with Gasteiger partial charge in [-0.3, -0.25) is 19.1 Å². The lowest BCUT2D eigenvalue weighted by molar-refractivity contribution is -0.135. The third kappa shape index (κ3) is 5.34. The molecule has 6 heterocycles. The van der Waals surface area contributed by atoms with E-state index in [-0.39, 0.29) is 40.4 Å². The maximum Gasteiger partial charge on any atom is 0.285 e. The number of anilines is 2. The quantitative estimate of drug-likeness (QED) is 0.280. The normalized spacial score (nSPS) is 15.3. The monoisotopic (exact) mass is 637 g/mol. The summed E-state index contributed by atoms with van der Waals surface area (Å²) in [6, 6.07) is 11.6. The smallest absolute Gasteiger partial charge is 0.285 e. The van der Waals surface area contributed by atoms with Crippen molar-refractivity contribution in [2.24, 2.45) is 5.92 Å². The number of fused-ring (bicyclic) bond motifs is 2. The molecule has 0 radical (unpaired) electrons. The molecule has 13 heteroatoms. The average Bonchev–Trinajstić information content (AvgIpc) is 3.61. The zero-order chi connectivity index (χ0) is 32.8. The van der Waals surface area contributed by atoms with Gasteiger partial charge in [0.25, 0.3) is 11.5 Å². The molecule has 7 rings (SSSR count). The van der Waals surface area contributed by atoms with Gasteiger partial charge in [-0.1, -0.05) is 19.9 Å². The minimum atomic E-state index is -0.598. The molecule has 0 saturated carbocycles. The van der Waals surface area contributed by atoms with Crippen LogP contribution < -0.4 is 16.6 Å². The van der Waals surface area contributed by atoms with Crippen LogP contribution in [0.5, 0.6) is 0 Å². The van der Waals surface area contributed by atoms with E-state index < -0.39 is 17.3 Å². The molecule has 0 spiro atoms. The number of rotatable bonds is 6. The van der Waals surface area contributed by atoms with Crippen molar-refractivity contribution in [1.29, 1.82) is 0 Å². The van der Waals surface area contributed by atoms with E-state index in [0.29, 0.717) is 48.6 Å². The topological polar surface area (TPSA) is 145 Å².